The lowest BCUT2D eigenvalue weighted by molar-refractivity contribution is -0.130. The number of hydrogen-bond acceptors (Lipinski definition) is 5. The Morgan fingerprint density at radius 1 is 1.24 bits per heavy atom. The molecule has 0 bridgehead atoms. The number of nitrogens with zero attached hydrogens (tertiary/aromatic N) is 4. The number of nitrogens with one attached hydrogen (secondary N) is 2. The molecule has 0 saturated heterocycles. The Balaban J connectivity index is 1.85. The van der Waals surface area contributed by atoms with Crippen LogP contribution in [0.3, 0.4) is 0 Å². The summed E-state index contributed by atoms with van der Waals surface area (Å²) < 4.78 is 5.30. The predicted octanol–water partition coefficient (Wildman–Crippen LogP) is 2.75. The first-order chi connectivity index (χ1) is 14.1. The Morgan fingerprint density at radius 2 is 2.03 bits per heavy atom. The van der Waals surface area contributed by atoms with Gasteiger partial charge in [0.25, 0.3) is 0 Å². The molecule has 9 heteroatoms. The van der Waals surface area contributed by atoms with Gasteiger partial charge in [-0.1, -0.05) is 28.9 Å². The molecule has 0 radical (unpaired) electrons. The summed E-state index contributed by atoms with van der Waals surface area (Å²) in [6.07, 6.45) is 0.946. The van der Waals surface area contributed by atoms with Crippen LogP contribution in [-0.2, 0) is 11.2 Å². The maximum Gasteiger partial charge on any atom is 0.228 e. The molecule has 158 valence electrons. The Hall–Kier alpha value is -2.61. The summed E-state index contributed by atoms with van der Waals surface area (Å²) in [4.78, 5) is 22.8. The van der Waals surface area contributed by atoms with Crippen LogP contribution in [0, 0.1) is 0 Å². The van der Waals surface area contributed by atoms with Crippen LogP contribution in [0.5, 0.6) is 0 Å². The molecule has 1 amide bonds. The number of amides is 1. The zero-order chi connectivity index (χ0) is 21.1. The molecule has 1 heterocycles. The molecule has 0 aliphatic heterocycles. The van der Waals surface area contributed by atoms with Gasteiger partial charge in [0.15, 0.2) is 5.96 Å². The smallest absolute Gasteiger partial charge is 0.228 e. The summed E-state index contributed by atoms with van der Waals surface area (Å²) in [7, 11) is 0. The van der Waals surface area contributed by atoms with Crippen molar-refractivity contribution in [1.29, 1.82) is 0 Å². The topological polar surface area (TPSA) is 95.6 Å². The first kappa shape index (κ1) is 22.7. The Kier molecular flexibility index (Phi) is 9.43. The second kappa shape index (κ2) is 12.1. The van der Waals surface area contributed by atoms with Crippen molar-refractivity contribution in [1.82, 2.24) is 25.7 Å². The average molecular weight is 421 g/mol. The Morgan fingerprint density at radius 3 is 2.72 bits per heavy atom. The standard InChI is InChI=1S/C20H29ClN6O2/c1-4-22-20(24-13-11-18(28)27(5-2)6-3)23-12-10-17-25-19(26-29-17)15-8-7-9-16(21)14-15/h7-9,14H,4-6,10-13H2,1-3H3,(H2,22,23,24). The monoisotopic (exact) mass is 420 g/mol. The third kappa shape index (κ3) is 7.38. The van der Waals surface area contributed by atoms with Crippen LogP contribution in [0.25, 0.3) is 11.4 Å². The minimum absolute atomic E-state index is 0.137. The van der Waals surface area contributed by atoms with Crippen LogP contribution in [0.2, 0.25) is 5.02 Å². The third-order valence-electron chi connectivity index (χ3n) is 4.24. The van der Waals surface area contributed by atoms with E-state index >= 15 is 0 Å². The fraction of sp³-hybridized carbons (Fsp3) is 0.500. The zero-order valence-corrected chi connectivity index (χ0v) is 18.0. The maximum absolute atomic E-state index is 12.1. The zero-order valence-electron chi connectivity index (χ0n) is 17.2. The molecule has 0 unspecified atom stereocenters. The molecular weight excluding hydrogens is 392 g/mol. The second-order valence-corrected chi connectivity index (χ2v) is 6.71. The lowest BCUT2D eigenvalue weighted by atomic mass is 10.2. The van der Waals surface area contributed by atoms with Crippen molar-refractivity contribution in [3.8, 4) is 11.4 Å². The van der Waals surface area contributed by atoms with Gasteiger partial charge in [-0.3, -0.25) is 9.79 Å². The summed E-state index contributed by atoms with van der Waals surface area (Å²) in [6, 6.07) is 7.31. The van der Waals surface area contributed by atoms with Gasteiger partial charge in [0.05, 0.1) is 6.54 Å². The molecule has 0 aliphatic rings. The molecule has 0 saturated carbocycles. The molecule has 0 fully saturated rings. The quantitative estimate of drug-likeness (QED) is 0.453. The minimum Gasteiger partial charge on any atom is -0.357 e. The van der Waals surface area contributed by atoms with E-state index in [9.17, 15) is 4.79 Å². The largest absolute Gasteiger partial charge is 0.357 e. The van der Waals surface area contributed by atoms with Gasteiger partial charge in [-0.2, -0.15) is 4.98 Å². The van der Waals surface area contributed by atoms with Gasteiger partial charge in [-0.05, 0) is 32.9 Å². The number of hydrogen-bond donors (Lipinski definition) is 2. The first-order valence-corrected chi connectivity index (χ1v) is 10.3. The van der Waals surface area contributed by atoms with Crippen molar-refractivity contribution in [2.75, 3.05) is 32.7 Å². The summed E-state index contributed by atoms with van der Waals surface area (Å²) in [5.41, 5.74) is 0.809. The summed E-state index contributed by atoms with van der Waals surface area (Å²) in [5, 5.41) is 11.0. The van der Waals surface area contributed by atoms with Gasteiger partial charge in [-0.25, -0.2) is 0 Å². The number of carbonyl (C=O) groups excluding carboxylic acids is 1. The highest BCUT2D eigenvalue weighted by atomic mass is 35.5. The summed E-state index contributed by atoms with van der Waals surface area (Å²) >= 11 is 6.00. The van der Waals surface area contributed by atoms with Gasteiger partial charge in [0.2, 0.25) is 17.6 Å². The van der Waals surface area contributed by atoms with Gasteiger partial charge >= 0.3 is 0 Å². The molecular formula is C20H29ClN6O2. The van der Waals surface area contributed by atoms with E-state index in [1.54, 1.807) is 12.1 Å². The highest BCUT2D eigenvalue weighted by Crippen LogP contribution is 2.19. The molecule has 29 heavy (non-hydrogen) atoms. The van der Waals surface area contributed by atoms with Gasteiger partial charge in [0.1, 0.15) is 0 Å². The molecule has 0 spiro atoms. The number of aromatic nitrogens is 2. The van der Waals surface area contributed by atoms with Crippen LogP contribution in [0.4, 0.5) is 0 Å². The van der Waals surface area contributed by atoms with Crippen LogP contribution < -0.4 is 10.6 Å². The fourth-order valence-corrected chi connectivity index (χ4v) is 2.92. The first-order valence-electron chi connectivity index (χ1n) is 9.95. The third-order valence-corrected chi connectivity index (χ3v) is 4.47. The van der Waals surface area contributed by atoms with E-state index in [4.69, 9.17) is 16.1 Å². The normalized spacial score (nSPS) is 11.4. The van der Waals surface area contributed by atoms with Crippen molar-refractivity contribution in [2.24, 2.45) is 4.99 Å². The molecule has 1 aromatic carbocycles. The molecule has 2 aromatic rings. The molecule has 0 atom stereocenters. The van der Waals surface area contributed by atoms with E-state index in [0.29, 0.717) is 48.6 Å². The predicted molar refractivity (Wildman–Crippen MR) is 115 cm³/mol. The second-order valence-electron chi connectivity index (χ2n) is 6.28. The van der Waals surface area contributed by atoms with Crippen LogP contribution in [0.15, 0.2) is 33.8 Å². The maximum atomic E-state index is 12.1. The van der Waals surface area contributed by atoms with Crippen LogP contribution >= 0.6 is 11.6 Å². The van der Waals surface area contributed by atoms with E-state index in [1.807, 2.05) is 37.8 Å². The molecule has 1 aromatic heterocycles. The van der Waals surface area contributed by atoms with Crippen molar-refractivity contribution in [3.05, 3.63) is 35.2 Å². The number of benzene rings is 1. The number of aliphatic imine (C=N–C) groups is 1. The van der Waals surface area contributed by atoms with Gasteiger partial charge in [-0.15, -0.1) is 0 Å². The molecule has 2 rings (SSSR count). The highest BCUT2D eigenvalue weighted by molar-refractivity contribution is 6.30. The Bertz CT molecular complexity index is 804. The van der Waals surface area contributed by atoms with E-state index in [2.05, 4.69) is 25.8 Å². The lowest BCUT2D eigenvalue weighted by Crippen LogP contribution is -2.40. The molecule has 0 aliphatic carbocycles. The lowest BCUT2D eigenvalue weighted by Gasteiger charge is -2.19. The fourth-order valence-electron chi connectivity index (χ4n) is 2.73. The van der Waals surface area contributed by atoms with Crippen LogP contribution in [-0.4, -0.2) is 59.6 Å². The van der Waals surface area contributed by atoms with Crippen molar-refractivity contribution in [3.63, 3.8) is 0 Å². The average Bonchev–Trinajstić information content (AvgIpc) is 3.18. The van der Waals surface area contributed by atoms with Crippen LogP contribution in [0.1, 0.15) is 33.1 Å². The van der Waals surface area contributed by atoms with Crippen molar-refractivity contribution < 1.29 is 9.32 Å². The summed E-state index contributed by atoms with van der Waals surface area (Å²) in [5.74, 6) is 1.81. The van der Waals surface area contributed by atoms with Crippen molar-refractivity contribution in [2.45, 2.75) is 33.6 Å². The number of rotatable bonds is 10. The van der Waals surface area contributed by atoms with Gasteiger partial charge in [0, 0.05) is 49.6 Å². The highest BCUT2D eigenvalue weighted by Gasteiger charge is 2.10. The molecule has 2 N–H and O–H groups in total. The van der Waals surface area contributed by atoms with E-state index in [1.165, 1.54) is 0 Å². The Labute approximate surface area is 176 Å². The van der Waals surface area contributed by atoms with Crippen molar-refractivity contribution >= 4 is 23.5 Å². The number of guanidine groups is 1. The molecule has 8 nitrogen and oxygen atoms in total. The van der Waals surface area contributed by atoms with E-state index < -0.39 is 0 Å². The SMILES string of the molecule is CCNC(=NCCc1nc(-c2cccc(Cl)c2)no1)NCCC(=O)N(CC)CC. The number of carbonyl (C=O) groups is 1. The van der Waals surface area contributed by atoms with E-state index in [0.717, 1.165) is 25.2 Å². The van der Waals surface area contributed by atoms with E-state index in [-0.39, 0.29) is 5.91 Å². The minimum atomic E-state index is 0.137. The van der Waals surface area contributed by atoms with Gasteiger partial charge < -0.3 is 20.1 Å². The summed E-state index contributed by atoms with van der Waals surface area (Å²) in [6.45, 7) is 9.15. The number of halogens is 1.